The Morgan fingerprint density at radius 2 is 1.58 bits per heavy atom. The average molecular weight is 347 g/mol. The molecular formula is C19H16F3NS. The van der Waals surface area contributed by atoms with Gasteiger partial charge in [-0.1, -0.05) is 31.4 Å². The van der Waals surface area contributed by atoms with Crippen LogP contribution in [0.2, 0.25) is 0 Å². The molecule has 0 unspecified atom stereocenters. The summed E-state index contributed by atoms with van der Waals surface area (Å²) in [6, 6.07) is 7.06. The van der Waals surface area contributed by atoms with Crippen LogP contribution in [0.25, 0.3) is 11.1 Å². The second-order valence-electron chi connectivity index (χ2n) is 6.04. The van der Waals surface area contributed by atoms with E-state index in [-0.39, 0.29) is 16.0 Å². The number of hydrogen-bond donors (Lipinski definition) is 0. The lowest BCUT2D eigenvalue weighted by molar-refractivity contribution is 0.442. The second-order valence-corrected chi connectivity index (χ2v) is 6.83. The molecule has 0 N–H and O–H groups in total. The molecule has 0 heterocycles. The lowest BCUT2D eigenvalue weighted by Crippen LogP contribution is -2.05. The molecule has 2 aromatic carbocycles. The standard InChI is InChI=1S/C19H16F3NS/c20-16-8-13(12-4-2-1-3-5-12)6-7-15(16)14-9-17(21)19(24-11-23)18(22)10-14/h6-10,12H,1-5H2. The van der Waals surface area contributed by atoms with E-state index in [1.54, 1.807) is 11.5 Å². The minimum Gasteiger partial charge on any atom is -0.206 e. The van der Waals surface area contributed by atoms with Gasteiger partial charge in [0.05, 0.1) is 4.90 Å². The van der Waals surface area contributed by atoms with Gasteiger partial charge in [-0.15, -0.1) is 0 Å². The lowest BCUT2D eigenvalue weighted by Gasteiger charge is -2.22. The molecule has 0 amide bonds. The summed E-state index contributed by atoms with van der Waals surface area (Å²) < 4.78 is 42.4. The van der Waals surface area contributed by atoms with E-state index in [0.717, 1.165) is 43.4 Å². The molecule has 0 saturated heterocycles. The Kier molecular flexibility index (Phi) is 5.15. The van der Waals surface area contributed by atoms with Gasteiger partial charge in [-0.25, -0.2) is 13.2 Å². The number of nitrogens with zero attached hydrogens (tertiary/aromatic N) is 1. The molecule has 1 aliphatic carbocycles. The highest BCUT2D eigenvalue weighted by Gasteiger charge is 2.19. The molecule has 0 atom stereocenters. The fraction of sp³-hybridized carbons (Fsp3) is 0.316. The molecule has 0 spiro atoms. The topological polar surface area (TPSA) is 23.8 Å². The monoisotopic (exact) mass is 347 g/mol. The van der Waals surface area contributed by atoms with Gasteiger partial charge < -0.3 is 0 Å². The Morgan fingerprint density at radius 1 is 0.917 bits per heavy atom. The third kappa shape index (κ3) is 3.44. The predicted molar refractivity (Wildman–Crippen MR) is 89.0 cm³/mol. The lowest BCUT2D eigenvalue weighted by atomic mass is 9.83. The molecule has 1 fully saturated rings. The van der Waals surface area contributed by atoms with Gasteiger partial charge in [0.2, 0.25) is 0 Å². The van der Waals surface area contributed by atoms with Crippen LogP contribution in [0.4, 0.5) is 13.2 Å². The van der Waals surface area contributed by atoms with Crippen molar-refractivity contribution in [2.75, 3.05) is 0 Å². The molecule has 0 radical (unpaired) electrons. The summed E-state index contributed by atoms with van der Waals surface area (Å²) in [5.41, 5.74) is 1.26. The van der Waals surface area contributed by atoms with Gasteiger partial charge in [0.1, 0.15) is 22.9 Å². The minimum absolute atomic E-state index is 0.139. The molecule has 24 heavy (non-hydrogen) atoms. The Bertz CT molecular complexity index is 769. The molecule has 2 aromatic rings. The zero-order valence-electron chi connectivity index (χ0n) is 13.0. The number of thiocyanates is 1. The summed E-state index contributed by atoms with van der Waals surface area (Å²) in [4.78, 5) is -0.361. The van der Waals surface area contributed by atoms with Gasteiger partial charge in [-0.3, -0.25) is 0 Å². The fourth-order valence-electron chi connectivity index (χ4n) is 3.31. The Morgan fingerprint density at radius 3 is 2.17 bits per heavy atom. The van der Waals surface area contributed by atoms with E-state index in [1.807, 2.05) is 6.07 Å². The summed E-state index contributed by atoms with van der Waals surface area (Å²) >= 11 is 0.420. The third-order valence-corrected chi connectivity index (χ3v) is 5.21. The molecule has 1 nitrogen and oxygen atoms in total. The van der Waals surface area contributed by atoms with Crippen LogP contribution in [0.15, 0.2) is 35.2 Å². The maximum Gasteiger partial charge on any atom is 0.141 e. The van der Waals surface area contributed by atoms with Crippen molar-refractivity contribution in [1.29, 1.82) is 5.26 Å². The highest BCUT2D eigenvalue weighted by molar-refractivity contribution is 8.03. The Balaban J connectivity index is 1.94. The molecule has 0 aliphatic heterocycles. The highest BCUT2D eigenvalue weighted by Crippen LogP contribution is 2.36. The van der Waals surface area contributed by atoms with E-state index >= 15 is 0 Å². The summed E-state index contributed by atoms with van der Waals surface area (Å²) in [6.45, 7) is 0. The van der Waals surface area contributed by atoms with Crippen molar-refractivity contribution in [3.8, 4) is 16.5 Å². The number of benzene rings is 2. The van der Waals surface area contributed by atoms with Crippen molar-refractivity contribution in [3.63, 3.8) is 0 Å². The van der Waals surface area contributed by atoms with Crippen molar-refractivity contribution in [3.05, 3.63) is 53.3 Å². The molecule has 5 heteroatoms. The van der Waals surface area contributed by atoms with E-state index in [0.29, 0.717) is 17.7 Å². The van der Waals surface area contributed by atoms with Crippen LogP contribution in [0, 0.1) is 28.1 Å². The zero-order chi connectivity index (χ0) is 17.1. The number of rotatable bonds is 3. The summed E-state index contributed by atoms with van der Waals surface area (Å²) in [5.74, 6) is -1.82. The van der Waals surface area contributed by atoms with Crippen LogP contribution in [0.1, 0.15) is 43.6 Å². The van der Waals surface area contributed by atoms with E-state index in [1.165, 1.54) is 12.5 Å². The number of nitriles is 1. The van der Waals surface area contributed by atoms with Crippen LogP contribution in [0.5, 0.6) is 0 Å². The first-order chi connectivity index (χ1) is 11.6. The largest absolute Gasteiger partial charge is 0.206 e. The first-order valence-electron chi connectivity index (χ1n) is 7.95. The predicted octanol–water partition coefficient (Wildman–Crippen LogP) is 6.39. The van der Waals surface area contributed by atoms with Gasteiger partial charge in [-0.05, 0) is 59.8 Å². The third-order valence-electron chi connectivity index (χ3n) is 4.53. The van der Waals surface area contributed by atoms with Gasteiger partial charge in [0.15, 0.2) is 0 Å². The van der Waals surface area contributed by atoms with Crippen LogP contribution in [-0.4, -0.2) is 0 Å². The molecular weight excluding hydrogens is 331 g/mol. The van der Waals surface area contributed by atoms with Gasteiger partial charge >= 0.3 is 0 Å². The number of thioether (sulfide) groups is 1. The smallest absolute Gasteiger partial charge is 0.141 e. The van der Waals surface area contributed by atoms with Crippen molar-refractivity contribution < 1.29 is 13.2 Å². The quantitative estimate of drug-likeness (QED) is 0.474. The van der Waals surface area contributed by atoms with Crippen LogP contribution >= 0.6 is 11.8 Å². The van der Waals surface area contributed by atoms with Crippen LogP contribution < -0.4 is 0 Å². The Labute approximate surface area is 143 Å². The molecule has 0 aromatic heterocycles. The van der Waals surface area contributed by atoms with Crippen molar-refractivity contribution >= 4 is 11.8 Å². The first kappa shape index (κ1) is 16.9. The SMILES string of the molecule is N#CSc1c(F)cc(-c2ccc(C3CCCCC3)cc2F)cc1F. The van der Waals surface area contributed by atoms with Gasteiger partial charge in [0.25, 0.3) is 0 Å². The maximum atomic E-state index is 14.5. The summed E-state index contributed by atoms with van der Waals surface area (Å²) in [7, 11) is 0. The van der Waals surface area contributed by atoms with E-state index < -0.39 is 17.5 Å². The molecule has 0 bridgehead atoms. The van der Waals surface area contributed by atoms with Crippen LogP contribution in [0.3, 0.4) is 0 Å². The van der Waals surface area contributed by atoms with E-state index in [9.17, 15) is 13.2 Å². The minimum atomic E-state index is -0.854. The van der Waals surface area contributed by atoms with E-state index in [4.69, 9.17) is 5.26 Å². The van der Waals surface area contributed by atoms with Crippen molar-refractivity contribution in [1.82, 2.24) is 0 Å². The van der Waals surface area contributed by atoms with Gasteiger partial charge in [0, 0.05) is 5.56 Å². The normalized spacial score (nSPS) is 15.2. The first-order valence-corrected chi connectivity index (χ1v) is 8.76. The van der Waals surface area contributed by atoms with Crippen LogP contribution in [-0.2, 0) is 0 Å². The Hall–Kier alpha value is -1.93. The number of halogens is 3. The average Bonchev–Trinajstić information content (AvgIpc) is 2.58. The second kappa shape index (κ2) is 7.31. The molecule has 1 saturated carbocycles. The van der Waals surface area contributed by atoms with E-state index in [2.05, 4.69) is 0 Å². The van der Waals surface area contributed by atoms with Crippen molar-refractivity contribution in [2.24, 2.45) is 0 Å². The van der Waals surface area contributed by atoms with Crippen molar-refractivity contribution in [2.45, 2.75) is 42.9 Å². The number of hydrogen-bond acceptors (Lipinski definition) is 2. The fourth-order valence-corrected chi connectivity index (χ4v) is 3.72. The maximum absolute atomic E-state index is 14.5. The molecule has 1 aliphatic rings. The summed E-state index contributed by atoms with van der Waals surface area (Å²) in [6.07, 6.45) is 5.65. The highest BCUT2D eigenvalue weighted by atomic mass is 32.2. The van der Waals surface area contributed by atoms with Gasteiger partial charge in [-0.2, -0.15) is 5.26 Å². The molecule has 3 rings (SSSR count). The summed E-state index contributed by atoms with van der Waals surface area (Å²) in [5, 5.41) is 10.2. The molecule has 124 valence electrons. The zero-order valence-corrected chi connectivity index (χ0v) is 13.8.